The van der Waals surface area contributed by atoms with E-state index in [0.717, 1.165) is 35.2 Å². The van der Waals surface area contributed by atoms with Crippen molar-refractivity contribution in [2.24, 2.45) is 5.92 Å². The molecule has 0 spiro atoms. The van der Waals surface area contributed by atoms with Gasteiger partial charge in [0.25, 0.3) is 0 Å². The molecule has 2 aliphatic rings. The SMILES string of the molecule is Cc1ccc([C@H]2C[C@H](Oc3ccc4[nH]cc(NC(=O)[C@@H]5CO[C@@H]5C)c4c3)C2)cc1. The fourth-order valence-corrected chi connectivity index (χ4v) is 4.14. The maximum absolute atomic E-state index is 12.4. The van der Waals surface area contributed by atoms with Gasteiger partial charge in [-0.3, -0.25) is 4.79 Å². The molecule has 1 aliphatic carbocycles. The molecule has 2 aromatic carbocycles. The highest BCUT2D eigenvalue weighted by Crippen LogP contribution is 2.40. The number of fused-ring (bicyclic) bond motifs is 1. The molecule has 2 heterocycles. The van der Waals surface area contributed by atoms with E-state index < -0.39 is 0 Å². The summed E-state index contributed by atoms with van der Waals surface area (Å²) in [5, 5.41) is 4.00. The van der Waals surface area contributed by atoms with Crippen LogP contribution in [0.15, 0.2) is 48.7 Å². The number of ether oxygens (including phenoxy) is 2. The van der Waals surface area contributed by atoms with Gasteiger partial charge in [0.1, 0.15) is 5.75 Å². The number of rotatable bonds is 5. The van der Waals surface area contributed by atoms with Crippen molar-refractivity contribution in [1.82, 2.24) is 4.98 Å². The number of hydrogen-bond acceptors (Lipinski definition) is 3. The van der Waals surface area contributed by atoms with Crippen molar-refractivity contribution < 1.29 is 14.3 Å². The zero-order chi connectivity index (χ0) is 20.0. The van der Waals surface area contributed by atoms with Gasteiger partial charge in [0, 0.05) is 17.1 Å². The van der Waals surface area contributed by atoms with Gasteiger partial charge in [0.15, 0.2) is 0 Å². The Morgan fingerprint density at radius 1 is 1.17 bits per heavy atom. The highest BCUT2D eigenvalue weighted by atomic mass is 16.5. The van der Waals surface area contributed by atoms with E-state index in [2.05, 4.69) is 41.5 Å². The van der Waals surface area contributed by atoms with E-state index >= 15 is 0 Å². The number of hydrogen-bond donors (Lipinski definition) is 2. The highest BCUT2D eigenvalue weighted by Gasteiger charge is 2.35. The van der Waals surface area contributed by atoms with E-state index in [0.29, 0.717) is 12.5 Å². The van der Waals surface area contributed by atoms with Gasteiger partial charge in [-0.1, -0.05) is 29.8 Å². The zero-order valence-corrected chi connectivity index (χ0v) is 16.8. The molecule has 0 unspecified atom stereocenters. The first-order valence-electron chi connectivity index (χ1n) is 10.3. The van der Waals surface area contributed by atoms with E-state index in [-0.39, 0.29) is 24.0 Å². The maximum Gasteiger partial charge on any atom is 0.232 e. The molecule has 1 saturated carbocycles. The quantitative estimate of drug-likeness (QED) is 0.659. The number of aryl methyl sites for hydroxylation is 1. The molecule has 2 N–H and O–H groups in total. The third-order valence-electron chi connectivity index (χ3n) is 6.30. The predicted octanol–water partition coefficient (Wildman–Crippen LogP) is 4.77. The Bertz CT molecular complexity index is 1030. The van der Waals surface area contributed by atoms with Gasteiger partial charge in [-0.05, 0) is 56.4 Å². The van der Waals surface area contributed by atoms with Crippen LogP contribution in [0.1, 0.15) is 36.8 Å². The number of nitrogens with one attached hydrogen (secondary N) is 2. The van der Waals surface area contributed by atoms with Crippen LogP contribution in [0, 0.1) is 12.8 Å². The van der Waals surface area contributed by atoms with Gasteiger partial charge in [-0.25, -0.2) is 0 Å². The molecule has 0 radical (unpaired) electrons. The Kier molecular flexibility index (Phi) is 4.55. The Hall–Kier alpha value is -2.79. The molecule has 5 nitrogen and oxygen atoms in total. The Morgan fingerprint density at radius 3 is 2.66 bits per heavy atom. The number of aromatic amines is 1. The lowest BCUT2D eigenvalue weighted by Crippen LogP contribution is -2.45. The number of H-pyrrole nitrogens is 1. The fraction of sp³-hybridized carbons (Fsp3) is 0.375. The second-order valence-corrected chi connectivity index (χ2v) is 8.36. The second-order valence-electron chi connectivity index (χ2n) is 8.36. The smallest absolute Gasteiger partial charge is 0.232 e. The Labute approximate surface area is 170 Å². The van der Waals surface area contributed by atoms with Gasteiger partial charge in [-0.2, -0.15) is 0 Å². The molecular formula is C24H26N2O3. The topological polar surface area (TPSA) is 63.3 Å². The summed E-state index contributed by atoms with van der Waals surface area (Å²) in [5.74, 6) is 1.36. The minimum Gasteiger partial charge on any atom is -0.490 e. The third kappa shape index (κ3) is 3.51. The van der Waals surface area contributed by atoms with Crippen LogP contribution in [0.25, 0.3) is 10.9 Å². The van der Waals surface area contributed by atoms with Crippen LogP contribution in [0.2, 0.25) is 0 Å². The number of benzene rings is 2. The summed E-state index contributed by atoms with van der Waals surface area (Å²) < 4.78 is 11.5. The van der Waals surface area contributed by atoms with Crippen LogP contribution in [0.4, 0.5) is 5.69 Å². The summed E-state index contributed by atoms with van der Waals surface area (Å²) in [7, 11) is 0. The average molecular weight is 390 g/mol. The minimum absolute atomic E-state index is 0.0101. The molecule has 2 fully saturated rings. The molecule has 5 heteroatoms. The minimum atomic E-state index is -0.0759. The summed E-state index contributed by atoms with van der Waals surface area (Å²) >= 11 is 0. The molecule has 1 aliphatic heterocycles. The summed E-state index contributed by atoms with van der Waals surface area (Å²) in [6.45, 7) is 4.54. The van der Waals surface area contributed by atoms with Crippen molar-refractivity contribution in [1.29, 1.82) is 0 Å². The highest BCUT2D eigenvalue weighted by molar-refractivity contribution is 6.03. The average Bonchev–Trinajstić information content (AvgIpc) is 3.06. The Morgan fingerprint density at radius 2 is 1.97 bits per heavy atom. The van der Waals surface area contributed by atoms with E-state index in [1.54, 1.807) is 0 Å². The number of carbonyl (C=O) groups excluding carboxylic acids is 1. The standard InChI is InChI=1S/C24H26N2O3/c1-14-3-5-16(6-4-14)17-9-19(10-17)29-18-7-8-22-20(11-18)23(12-25-22)26-24(27)21-13-28-15(21)2/h3-8,11-12,15,17,19,21,25H,9-10,13H2,1-2H3,(H,26,27)/t15-,17-,19-,21-/m1/s1. The number of aromatic nitrogens is 1. The number of amides is 1. The van der Waals surface area contributed by atoms with Gasteiger partial charge in [0.05, 0.1) is 30.4 Å². The van der Waals surface area contributed by atoms with Crippen molar-refractivity contribution in [3.8, 4) is 5.75 Å². The molecule has 1 amide bonds. The molecular weight excluding hydrogens is 364 g/mol. The van der Waals surface area contributed by atoms with Crippen LogP contribution >= 0.6 is 0 Å². The van der Waals surface area contributed by atoms with Crippen molar-refractivity contribution >= 4 is 22.5 Å². The monoisotopic (exact) mass is 390 g/mol. The van der Waals surface area contributed by atoms with Crippen molar-refractivity contribution in [2.45, 2.75) is 44.8 Å². The molecule has 1 saturated heterocycles. The molecule has 1 aromatic heterocycles. The molecule has 5 rings (SSSR count). The number of carbonyl (C=O) groups is 1. The molecule has 0 bridgehead atoms. The molecule has 3 aromatic rings. The molecule has 29 heavy (non-hydrogen) atoms. The summed E-state index contributed by atoms with van der Waals surface area (Å²) in [6.07, 6.45) is 4.14. The van der Waals surface area contributed by atoms with E-state index in [9.17, 15) is 4.79 Å². The summed E-state index contributed by atoms with van der Waals surface area (Å²) in [5.41, 5.74) is 4.47. The molecule has 150 valence electrons. The second kappa shape index (κ2) is 7.23. The normalized spacial score (nSPS) is 25.9. The van der Waals surface area contributed by atoms with Gasteiger partial charge in [0.2, 0.25) is 5.91 Å². The van der Waals surface area contributed by atoms with Crippen molar-refractivity contribution in [3.05, 3.63) is 59.8 Å². The largest absolute Gasteiger partial charge is 0.490 e. The van der Waals surface area contributed by atoms with E-state index in [1.165, 1.54) is 11.1 Å². The fourth-order valence-electron chi connectivity index (χ4n) is 4.14. The van der Waals surface area contributed by atoms with Crippen molar-refractivity contribution in [2.75, 3.05) is 11.9 Å². The lowest BCUT2D eigenvalue weighted by Gasteiger charge is -2.35. The predicted molar refractivity (Wildman–Crippen MR) is 113 cm³/mol. The van der Waals surface area contributed by atoms with Crippen LogP contribution < -0.4 is 10.1 Å². The van der Waals surface area contributed by atoms with Crippen LogP contribution in [-0.4, -0.2) is 29.7 Å². The van der Waals surface area contributed by atoms with E-state index in [4.69, 9.17) is 9.47 Å². The first-order valence-corrected chi connectivity index (χ1v) is 10.3. The Balaban J connectivity index is 1.24. The lowest BCUT2D eigenvalue weighted by atomic mass is 9.77. The lowest BCUT2D eigenvalue weighted by molar-refractivity contribution is -0.147. The van der Waals surface area contributed by atoms with Crippen molar-refractivity contribution in [3.63, 3.8) is 0 Å². The summed E-state index contributed by atoms with van der Waals surface area (Å²) in [6, 6.07) is 14.8. The molecule has 2 atom stereocenters. The van der Waals surface area contributed by atoms with Crippen LogP contribution in [0.3, 0.4) is 0 Å². The van der Waals surface area contributed by atoms with Crippen LogP contribution in [-0.2, 0) is 9.53 Å². The van der Waals surface area contributed by atoms with Gasteiger partial charge < -0.3 is 19.8 Å². The summed E-state index contributed by atoms with van der Waals surface area (Å²) in [4.78, 5) is 15.6. The third-order valence-corrected chi connectivity index (χ3v) is 6.30. The zero-order valence-electron chi connectivity index (χ0n) is 16.8. The van der Waals surface area contributed by atoms with Crippen LogP contribution in [0.5, 0.6) is 5.75 Å². The first-order chi connectivity index (χ1) is 14.1. The van der Waals surface area contributed by atoms with Gasteiger partial charge in [-0.15, -0.1) is 0 Å². The first kappa shape index (κ1) is 18.3. The maximum atomic E-state index is 12.4. The number of anilines is 1. The van der Waals surface area contributed by atoms with Gasteiger partial charge >= 0.3 is 0 Å². The van der Waals surface area contributed by atoms with E-state index in [1.807, 2.05) is 31.3 Å².